The van der Waals surface area contributed by atoms with Gasteiger partial charge in [0.2, 0.25) is 0 Å². The Bertz CT molecular complexity index is 686. The van der Waals surface area contributed by atoms with Crippen LogP contribution in [-0.4, -0.2) is 25.7 Å². The molecule has 128 valence electrons. The van der Waals surface area contributed by atoms with Gasteiger partial charge >= 0.3 is 5.97 Å². The normalized spacial score (nSPS) is 11.8. The first-order chi connectivity index (χ1) is 11.5. The molecule has 0 fully saturated rings. The third-order valence-corrected chi connectivity index (χ3v) is 3.66. The molecule has 0 saturated carbocycles. The Balaban J connectivity index is 2.08. The Morgan fingerprint density at radius 1 is 1.21 bits per heavy atom. The summed E-state index contributed by atoms with van der Waals surface area (Å²) in [5, 5.41) is 0. The molecule has 5 heteroatoms. The van der Waals surface area contributed by atoms with E-state index in [2.05, 4.69) is 0 Å². The summed E-state index contributed by atoms with van der Waals surface area (Å²) < 4.78 is 23.7. The number of methoxy groups -OCH3 is 1. The molecule has 1 atom stereocenters. The van der Waals surface area contributed by atoms with E-state index in [-0.39, 0.29) is 24.2 Å². The Morgan fingerprint density at radius 3 is 2.54 bits per heavy atom. The van der Waals surface area contributed by atoms with Gasteiger partial charge in [-0.25, -0.2) is 4.39 Å². The van der Waals surface area contributed by atoms with E-state index < -0.39 is 0 Å². The Labute approximate surface area is 141 Å². The van der Waals surface area contributed by atoms with E-state index in [0.29, 0.717) is 24.3 Å². The fraction of sp³-hybridized carbons (Fsp3) is 0.316. The summed E-state index contributed by atoms with van der Waals surface area (Å²) in [4.78, 5) is 11.4. The van der Waals surface area contributed by atoms with Crippen LogP contribution in [-0.2, 0) is 16.0 Å². The molecule has 2 aromatic rings. The molecule has 0 aromatic heterocycles. The Hall–Kier alpha value is -2.40. The highest BCUT2D eigenvalue weighted by Gasteiger charge is 2.12. The first-order valence-electron chi connectivity index (χ1n) is 7.87. The number of hydrogen-bond donors (Lipinski definition) is 1. The maximum Gasteiger partial charge on any atom is 0.307 e. The highest BCUT2D eigenvalue weighted by atomic mass is 19.1. The van der Waals surface area contributed by atoms with Gasteiger partial charge in [0, 0.05) is 11.6 Å². The zero-order chi connectivity index (χ0) is 17.5. The molecule has 0 aliphatic rings. The Morgan fingerprint density at radius 2 is 1.92 bits per heavy atom. The van der Waals surface area contributed by atoms with Crippen molar-refractivity contribution in [2.75, 3.05) is 13.7 Å². The second kappa shape index (κ2) is 8.45. The predicted octanol–water partition coefficient (Wildman–Crippen LogP) is 3.32. The van der Waals surface area contributed by atoms with Crippen LogP contribution in [0.1, 0.15) is 18.9 Å². The molecule has 0 radical (unpaired) electrons. The number of benzene rings is 2. The zero-order valence-electron chi connectivity index (χ0n) is 13.9. The molecule has 0 saturated heterocycles. The van der Waals surface area contributed by atoms with Gasteiger partial charge in [0.05, 0.1) is 20.1 Å². The molecule has 2 N–H and O–H groups in total. The van der Waals surface area contributed by atoms with Gasteiger partial charge in [-0.1, -0.05) is 24.3 Å². The van der Waals surface area contributed by atoms with Crippen LogP contribution in [0.2, 0.25) is 0 Å². The van der Waals surface area contributed by atoms with Crippen molar-refractivity contribution < 1.29 is 18.7 Å². The smallest absolute Gasteiger partial charge is 0.307 e. The standard InChI is InChI=1S/C19H22FNO3/c1-3-24-19(22)12-16(21)10-13-4-6-14(7-5-13)17-11-15(20)8-9-18(17)23-2/h4-9,11,16H,3,10,12,21H2,1-2H3. The lowest BCUT2D eigenvalue weighted by Gasteiger charge is -2.12. The fourth-order valence-electron chi connectivity index (χ4n) is 2.54. The minimum Gasteiger partial charge on any atom is -0.496 e. The third-order valence-electron chi connectivity index (χ3n) is 3.66. The van der Waals surface area contributed by atoms with Crippen molar-refractivity contribution in [1.82, 2.24) is 0 Å². The highest BCUT2D eigenvalue weighted by molar-refractivity contribution is 5.71. The van der Waals surface area contributed by atoms with Gasteiger partial charge in [-0.05, 0) is 42.7 Å². The van der Waals surface area contributed by atoms with Crippen LogP contribution >= 0.6 is 0 Å². The van der Waals surface area contributed by atoms with E-state index in [1.165, 1.54) is 12.1 Å². The van der Waals surface area contributed by atoms with Crippen LogP contribution in [0.4, 0.5) is 4.39 Å². The van der Waals surface area contributed by atoms with Crippen LogP contribution in [0.3, 0.4) is 0 Å². The maximum absolute atomic E-state index is 13.5. The van der Waals surface area contributed by atoms with Crippen molar-refractivity contribution in [2.45, 2.75) is 25.8 Å². The number of rotatable bonds is 7. The molecule has 0 aliphatic heterocycles. The molecule has 2 rings (SSSR count). The quantitative estimate of drug-likeness (QED) is 0.791. The molecule has 0 aliphatic carbocycles. The number of esters is 1. The number of carbonyl (C=O) groups is 1. The summed E-state index contributed by atoms with van der Waals surface area (Å²) >= 11 is 0. The minimum absolute atomic E-state index is 0.188. The van der Waals surface area contributed by atoms with Crippen molar-refractivity contribution in [3.8, 4) is 16.9 Å². The van der Waals surface area contributed by atoms with E-state index in [0.717, 1.165) is 11.1 Å². The number of nitrogens with two attached hydrogens (primary N) is 1. The van der Waals surface area contributed by atoms with Crippen molar-refractivity contribution in [3.05, 3.63) is 53.8 Å². The van der Waals surface area contributed by atoms with Crippen molar-refractivity contribution in [1.29, 1.82) is 0 Å². The van der Waals surface area contributed by atoms with E-state index in [1.807, 2.05) is 24.3 Å². The van der Waals surface area contributed by atoms with Gasteiger partial charge in [0.25, 0.3) is 0 Å². The summed E-state index contributed by atoms with van der Waals surface area (Å²) in [5.74, 6) is 0.0145. The van der Waals surface area contributed by atoms with Gasteiger partial charge in [-0.3, -0.25) is 4.79 Å². The lowest BCUT2D eigenvalue weighted by molar-refractivity contribution is -0.143. The molecule has 0 amide bonds. The largest absolute Gasteiger partial charge is 0.496 e. The summed E-state index contributed by atoms with van der Waals surface area (Å²) in [6, 6.07) is 11.8. The fourth-order valence-corrected chi connectivity index (χ4v) is 2.54. The molecular weight excluding hydrogens is 309 g/mol. The maximum atomic E-state index is 13.5. The second-order valence-corrected chi connectivity index (χ2v) is 5.51. The first-order valence-corrected chi connectivity index (χ1v) is 7.87. The van der Waals surface area contributed by atoms with Crippen molar-refractivity contribution in [3.63, 3.8) is 0 Å². The van der Waals surface area contributed by atoms with Gasteiger partial charge < -0.3 is 15.2 Å². The number of halogens is 1. The van der Waals surface area contributed by atoms with Crippen molar-refractivity contribution in [2.24, 2.45) is 5.73 Å². The number of hydrogen-bond acceptors (Lipinski definition) is 4. The SMILES string of the molecule is CCOC(=O)CC(N)Cc1ccc(-c2cc(F)ccc2OC)cc1. The van der Waals surface area contributed by atoms with E-state index in [9.17, 15) is 9.18 Å². The summed E-state index contributed by atoms with van der Waals surface area (Å²) in [6.45, 7) is 2.12. The topological polar surface area (TPSA) is 61.5 Å². The average molecular weight is 331 g/mol. The van der Waals surface area contributed by atoms with Gasteiger partial charge in [0.1, 0.15) is 11.6 Å². The van der Waals surface area contributed by atoms with Gasteiger partial charge in [0.15, 0.2) is 0 Å². The van der Waals surface area contributed by atoms with E-state index in [1.54, 1.807) is 20.1 Å². The first kappa shape index (κ1) is 17.9. The monoisotopic (exact) mass is 331 g/mol. The van der Waals surface area contributed by atoms with E-state index in [4.69, 9.17) is 15.2 Å². The highest BCUT2D eigenvalue weighted by Crippen LogP contribution is 2.30. The predicted molar refractivity (Wildman–Crippen MR) is 91.3 cm³/mol. The Kier molecular flexibility index (Phi) is 6.32. The second-order valence-electron chi connectivity index (χ2n) is 5.51. The minimum atomic E-state index is -0.314. The molecule has 4 nitrogen and oxygen atoms in total. The summed E-state index contributed by atoms with van der Waals surface area (Å²) in [6.07, 6.45) is 0.757. The zero-order valence-corrected chi connectivity index (χ0v) is 13.9. The molecule has 0 heterocycles. The van der Waals surface area contributed by atoms with Crippen LogP contribution < -0.4 is 10.5 Å². The molecule has 1 unspecified atom stereocenters. The number of carbonyl (C=O) groups excluding carboxylic acids is 1. The average Bonchev–Trinajstić information content (AvgIpc) is 2.55. The molecule has 0 bridgehead atoms. The molecule has 0 spiro atoms. The molecule has 24 heavy (non-hydrogen) atoms. The molecular formula is C19H22FNO3. The summed E-state index contributed by atoms with van der Waals surface area (Å²) in [7, 11) is 1.56. The third kappa shape index (κ3) is 4.80. The summed E-state index contributed by atoms with van der Waals surface area (Å²) in [5.41, 5.74) is 8.54. The van der Waals surface area contributed by atoms with Gasteiger partial charge in [-0.15, -0.1) is 0 Å². The van der Waals surface area contributed by atoms with Gasteiger partial charge in [-0.2, -0.15) is 0 Å². The van der Waals surface area contributed by atoms with Crippen LogP contribution in [0.5, 0.6) is 5.75 Å². The lowest BCUT2D eigenvalue weighted by Crippen LogP contribution is -2.27. The molecule has 2 aromatic carbocycles. The van der Waals surface area contributed by atoms with Crippen LogP contribution in [0, 0.1) is 5.82 Å². The van der Waals surface area contributed by atoms with Crippen molar-refractivity contribution >= 4 is 5.97 Å². The lowest BCUT2D eigenvalue weighted by atomic mass is 9.99. The number of ether oxygens (including phenoxy) is 2. The van der Waals surface area contributed by atoms with Crippen LogP contribution in [0.15, 0.2) is 42.5 Å². The van der Waals surface area contributed by atoms with E-state index >= 15 is 0 Å². The van der Waals surface area contributed by atoms with Crippen LogP contribution in [0.25, 0.3) is 11.1 Å².